The van der Waals surface area contributed by atoms with Crippen molar-refractivity contribution in [2.45, 2.75) is 26.4 Å². The van der Waals surface area contributed by atoms with Gasteiger partial charge in [0, 0.05) is 12.1 Å². The summed E-state index contributed by atoms with van der Waals surface area (Å²) >= 11 is 0. The number of para-hydroxylation sites is 1. The van der Waals surface area contributed by atoms with E-state index >= 15 is 0 Å². The molecule has 4 heteroatoms. The monoisotopic (exact) mass is 272 g/mol. The van der Waals surface area contributed by atoms with Gasteiger partial charge in [-0.15, -0.1) is 0 Å². The first-order chi connectivity index (χ1) is 9.70. The van der Waals surface area contributed by atoms with E-state index < -0.39 is 0 Å². The molecule has 20 heavy (non-hydrogen) atoms. The molecule has 1 atom stereocenters. The predicted molar refractivity (Wildman–Crippen MR) is 78.6 cm³/mol. The second-order valence-corrected chi connectivity index (χ2v) is 4.62. The fraction of sp³-hybridized carbons (Fsp3) is 0.312. The summed E-state index contributed by atoms with van der Waals surface area (Å²) in [5.41, 5.74) is 1.10. The maximum Gasteiger partial charge on any atom is 0.211 e. The van der Waals surface area contributed by atoms with Crippen molar-refractivity contribution in [2.24, 2.45) is 0 Å². The van der Waals surface area contributed by atoms with Gasteiger partial charge in [-0.05, 0) is 19.9 Å². The van der Waals surface area contributed by atoms with Crippen LogP contribution in [0.2, 0.25) is 0 Å². The zero-order valence-corrected chi connectivity index (χ0v) is 11.9. The zero-order valence-electron chi connectivity index (χ0n) is 11.9. The molecule has 0 amide bonds. The molecule has 2 aromatic rings. The van der Waals surface area contributed by atoms with E-state index in [4.69, 9.17) is 9.15 Å². The van der Waals surface area contributed by atoms with Crippen molar-refractivity contribution in [2.75, 3.05) is 6.61 Å². The third kappa shape index (κ3) is 3.71. The lowest BCUT2D eigenvalue weighted by Gasteiger charge is -2.13. The molecule has 1 unspecified atom stereocenters. The Labute approximate surface area is 119 Å². The number of aromatic nitrogens is 1. The number of aryl methyl sites for hydroxylation is 1. The van der Waals surface area contributed by atoms with Gasteiger partial charge in [0.05, 0.1) is 12.2 Å². The van der Waals surface area contributed by atoms with E-state index in [9.17, 15) is 0 Å². The highest BCUT2D eigenvalue weighted by molar-refractivity contribution is 5.33. The summed E-state index contributed by atoms with van der Waals surface area (Å²) in [4.78, 5) is 4.23. The van der Waals surface area contributed by atoms with Crippen LogP contribution >= 0.6 is 0 Å². The number of hydrogen-bond acceptors (Lipinski definition) is 4. The minimum absolute atomic E-state index is 0.0520. The van der Waals surface area contributed by atoms with Crippen molar-refractivity contribution in [1.82, 2.24) is 10.3 Å². The van der Waals surface area contributed by atoms with Crippen LogP contribution in [0.4, 0.5) is 0 Å². The highest BCUT2D eigenvalue weighted by Crippen LogP contribution is 2.19. The Morgan fingerprint density at radius 3 is 2.95 bits per heavy atom. The van der Waals surface area contributed by atoms with Crippen LogP contribution in [0, 0.1) is 6.92 Å². The predicted octanol–water partition coefficient (Wildman–Crippen LogP) is 3.40. The number of rotatable bonds is 7. The highest BCUT2D eigenvalue weighted by atomic mass is 16.5. The first kappa shape index (κ1) is 14.3. The molecule has 4 nitrogen and oxygen atoms in total. The fourth-order valence-electron chi connectivity index (χ4n) is 1.86. The quantitative estimate of drug-likeness (QED) is 0.785. The lowest BCUT2D eigenvalue weighted by molar-refractivity contribution is 0.354. The van der Waals surface area contributed by atoms with Crippen LogP contribution < -0.4 is 10.1 Å². The number of nitrogens with zero attached hydrogens (tertiary/aromatic N) is 1. The standard InChI is InChI=1S/C16H20N2O2/c1-4-9-19-15-8-6-5-7-14(15)11-17-13(3)16-18-10-12(2)20-16/h4-8,10,13,17H,1,9,11H2,2-3H3. The molecule has 1 heterocycles. The Hall–Kier alpha value is -2.07. The van der Waals surface area contributed by atoms with Gasteiger partial charge < -0.3 is 14.5 Å². The van der Waals surface area contributed by atoms with Crippen molar-refractivity contribution >= 4 is 0 Å². The Morgan fingerprint density at radius 1 is 1.45 bits per heavy atom. The minimum atomic E-state index is 0.0520. The van der Waals surface area contributed by atoms with Crippen LogP contribution in [-0.4, -0.2) is 11.6 Å². The van der Waals surface area contributed by atoms with Gasteiger partial charge in [-0.2, -0.15) is 0 Å². The molecule has 0 bridgehead atoms. The summed E-state index contributed by atoms with van der Waals surface area (Å²) < 4.78 is 11.1. The third-order valence-electron chi connectivity index (χ3n) is 2.94. The van der Waals surface area contributed by atoms with Gasteiger partial charge in [-0.1, -0.05) is 30.9 Å². The molecule has 1 N–H and O–H groups in total. The SMILES string of the molecule is C=CCOc1ccccc1CNC(C)c1ncc(C)o1. The molecule has 0 aliphatic heterocycles. The van der Waals surface area contributed by atoms with E-state index in [0.29, 0.717) is 19.0 Å². The second kappa shape index (κ2) is 6.91. The molecular formula is C16H20N2O2. The van der Waals surface area contributed by atoms with E-state index in [0.717, 1.165) is 17.1 Å². The Morgan fingerprint density at radius 2 is 2.25 bits per heavy atom. The van der Waals surface area contributed by atoms with Crippen molar-refractivity contribution < 1.29 is 9.15 Å². The number of ether oxygens (including phenoxy) is 1. The van der Waals surface area contributed by atoms with Crippen LogP contribution in [0.3, 0.4) is 0 Å². The third-order valence-corrected chi connectivity index (χ3v) is 2.94. The molecule has 106 valence electrons. The lowest BCUT2D eigenvalue weighted by atomic mass is 10.2. The summed E-state index contributed by atoms with van der Waals surface area (Å²) in [6.07, 6.45) is 3.47. The molecule has 0 aliphatic carbocycles. The summed E-state index contributed by atoms with van der Waals surface area (Å²) in [5.74, 6) is 2.39. The Bertz CT molecular complexity index is 563. The summed E-state index contributed by atoms with van der Waals surface area (Å²) in [6.45, 7) is 8.77. The Balaban J connectivity index is 1.98. The molecule has 0 saturated carbocycles. The molecular weight excluding hydrogens is 252 g/mol. The van der Waals surface area contributed by atoms with E-state index in [1.165, 1.54) is 0 Å². The van der Waals surface area contributed by atoms with Gasteiger partial charge >= 0.3 is 0 Å². The topological polar surface area (TPSA) is 47.3 Å². The summed E-state index contributed by atoms with van der Waals surface area (Å²) in [7, 11) is 0. The van der Waals surface area contributed by atoms with E-state index in [1.807, 2.05) is 38.1 Å². The Kier molecular flexibility index (Phi) is 4.96. The molecule has 1 aromatic heterocycles. The van der Waals surface area contributed by atoms with Gasteiger partial charge in [0.25, 0.3) is 0 Å². The maximum absolute atomic E-state index is 5.63. The normalized spacial score (nSPS) is 12.1. The van der Waals surface area contributed by atoms with Crippen LogP contribution in [0.15, 0.2) is 47.5 Å². The van der Waals surface area contributed by atoms with Crippen LogP contribution in [0.25, 0.3) is 0 Å². The number of hydrogen-bond donors (Lipinski definition) is 1. The van der Waals surface area contributed by atoms with Crippen LogP contribution in [0.5, 0.6) is 5.75 Å². The molecule has 1 aromatic carbocycles. The summed E-state index contributed by atoms with van der Waals surface area (Å²) in [6, 6.07) is 8.01. The van der Waals surface area contributed by atoms with Gasteiger partial charge in [0.1, 0.15) is 18.1 Å². The van der Waals surface area contributed by atoms with Crippen molar-refractivity contribution in [1.29, 1.82) is 0 Å². The highest BCUT2D eigenvalue weighted by Gasteiger charge is 2.11. The van der Waals surface area contributed by atoms with Gasteiger partial charge in [-0.3, -0.25) is 0 Å². The van der Waals surface area contributed by atoms with Gasteiger partial charge in [0.2, 0.25) is 5.89 Å². The molecule has 0 spiro atoms. The number of benzene rings is 1. The molecule has 0 fully saturated rings. The van der Waals surface area contributed by atoms with Crippen LogP contribution in [-0.2, 0) is 6.54 Å². The van der Waals surface area contributed by atoms with E-state index in [-0.39, 0.29) is 6.04 Å². The molecule has 0 aliphatic rings. The van der Waals surface area contributed by atoms with Crippen molar-refractivity contribution in [3.63, 3.8) is 0 Å². The van der Waals surface area contributed by atoms with Crippen molar-refractivity contribution in [3.8, 4) is 5.75 Å². The molecule has 0 saturated heterocycles. The smallest absolute Gasteiger partial charge is 0.211 e. The van der Waals surface area contributed by atoms with E-state index in [1.54, 1.807) is 12.3 Å². The minimum Gasteiger partial charge on any atom is -0.489 e. The summed E-state index contributed by atoms with van der Waals surface area (Å²) in [5, 5.41) is 3.38. The molecule has 0 radical (unpaired) electrons. The van der Waals surface area contributed by atoms with E-state index in [2.05, 4.69) is 16.9 Å². The average Bonchev–Trinajstić information content (AvgIpc) is 2.90. The molecule has 2 rings (SSSR count). The second-order valence-electron chi connectivity index (χ2n) is 4.62. The zero-order chi connectivity index (χ0) is 14.4. The number of oxazole rings is 1. The van der Waals surface area contributed by atoms with Gasteiger partial charge in [-0.25, -0.2) is 4.98 Å². The van der Waals surface area contributed by atoms with Crippen LogP contribution in [0.1, 0.15) is 30.2 Å². The van der Waals surface area contributed by atoms with Crippen molar-refractivity contribution in [3.05, 3.63) is 60.3 Å². The average molecular weight is 272 g/mol. The first-order valence-electron chi connectivity index (χ1n) is 6.68. The maximum atomic E-state index is 5.63. The fourth-order valence-corrected chi connectivity index (χ4v) is 1.86. The first-order valence-corrected chi connectivity index (χ1v) is 6.68. The lowest BCUT2D eigenvalue weighted by Crippen LogP contribution is -2.18. The number of nitrogens with one attached hydrogen (secondary N) is 1. The largest absolute Gasteiger partial charge is 0.489 e. The van der Waals surface area contributed by atoms with Gasteiger partial charge in [0.15, 0.2) is 0 Å².